The van der Waals surface area contributed by atoms with Crippen LogP contribution in [0.4, 0.5) is 0 Å². The Bertz CT molecular complexity index is 156. The lowest BCUT2D eigenvalue weighted by molar-refractivity contribution is -0.151. The highest BCUT2D eigenvalue weighted by atomic mass is 16.5. The van der Waals surface area contributed by atoms with E-state index in [1.54, 1.807) is 7.11 Å². The van der Waals surface area contributed by atoms with Crippen molar-refractivity contribution in [2.24, 2.45) is 5.92 Å². The van der Waals surface area contributed by atoms with Crippen LogP contribution in [-0.2, 0) is 14.3 Å². The molecule has 1 aliphatic carbocycles. The summed E-state index contributed by atoms with van der Waals surface area (Å²) in [5.74, 6) is -0.114. The third kappa shape index (κ3) is 1.97. The average molecular weight is 172 g/mol. The Morgan fingerprint density at radius 2 is 2.25 bits per heavy atom. The number of carbonyl (C=O) groups excluding carboxylic acids is 1. The number of rotatable bonds is 3. The van der Waals surface area contributed by atoms with Crippen LogP contribution in [0.1, 0.15) is 26.2 Å². The van der Waals surface area contributed by atoms with Gasteiger partial charge in [0.15, 0.2) is 0 Å². The van der Waals surface area contributed by atoms with Gasteiger partial charge in [0.05, 0.1) is 18.6 Å². The maximum absolute atomic E-state index is 11.3. The first-order valence-electron chi connectivity index (χ1n) is 4.49. The molecule has 0 spiro atoms. The Morgan fingerprint density at radius 3 is 2.83 bits per heavy atom. The molecule has 0 unspecified atom stereocenters. The molecular weight excluding hydrogens is 156 g/mol. The first-order chi connectivity index (χ1) is 5.79. The molecular formula is C9H16O3. The van der Waals surface area contributed by atoms with Crippen molar-refractivity contribution in [2.45, 2.75) is 32.3 Å². The molecule has 0 bridgehead atoms. The minimum atomic E-state index is -0.0955. The molecule has 0 aliphatic heterocycles. The van der Waals surface area contributed by atoms with E-state index in [-0.39, 0.29) is 18.0 Å². The summed E-state index contributed by atoms with van der Waals surface area (Å²) < 4.78 is 10.1. The summed E-state index contributed by atoms with van der Waals surface area (Å²) >= 11 is 0. The predicted molar refractivity (Wildman–Crippen MR) is 44.8 cm³/mol. The van der Waals surface area contributed by atoms with Crippen LogP contribution in [0.5, 0.6) is 0 Å². The van der Waals surface area contributed by atoms with E-state index in [2.05, 4.69) is 0 Å². The van der Waals surface area contributed by atoms with E-state index < -0.39 is 0 Å². The normalized spacial score (nSPS) is 28.8. The molecule has 3 heteroatoms. The fourth-order valence-electron chi connectivity index (χ4n) is 1.73. The summed E-state index contributed by atoms with van der Waals surface area (Å²) in [7, 11) is 1.65. The largest absolute Gasteiger partial charge is 0.466 e. The van der Waals surface area contributed by atoms with Gasteiger partial charge in [-0.25, -0.2) is 0 Å². The van der Waals surface area contributed by atoms with Crippen LogP contribution in [0.15, 0.2) is 0 Å². The molecule has 0 heterocycles. The quantitative estimate of drug-likeness (QED) is 0.603. The van der Waals surface area contributed by atoms with Gasteiger partial charge in [0, 0.05) is 7.11 Å². The van der Waals surface area contributed by atoms with Gasteiger partial charge in [-0.15, -0.1) is 0 Å². The summed E-state index contributed by atoms with van der Waals surface area (Å²) in [6.45, 7) is 2.29. The molecule has 0 N–H and O–H groups in total. The molecule has 1 aliphatic rings. The van der Waals surface area contributed by atoms with Crippen molar-refractivity contribution in [3.63, 3.8) is 0 Å². The van der Waals surface area contributed by atoms with Crippen molar-refractivity contribution < 1.29 is 14.3 Å². The monoisotopic (exact) mass is 172 g/mol. The summed E-state index contributed by atoms with van der Waals surface area (Å²) in [4.78, 5) is 11.3. The molecule has 70 valence electrons. The molecule has 0 amide bonds. The number of hydrogen-bond acceptors (Lipinski definition) is 3. The van der Waals surface area contributed by atoms with Crippen LogP contribution in [0.3, 0.4) is 0 Å². The van der Waals surface area contributed by atoms with E-state index in [1.807, 2.05) is 6.92 Å². The van der Waals surface area contributed by atoms with Gasteiger partial charge in [0.2, 0.25) is 0 Å². The predicted octanol–water partition coefficient (Wildman–Crippen LogP) is 1.36. The first-order valence-corrected chi connectivity index (χ1v) is 4.49. The van der Waals surface area contributed by atoms with Crippen LogP contribution in [0.2, 0.25) is 0 Å². The van der Waals surface area contributed by atoms with Crippen molar-refractivity contribution in [1.29, 1.82) is 0 Å². The Balaban J connectivity index is 2.43. The summed E-state index contributed by atoms with van der Waals surface area (Å²) in [5, 5.41) is 0. The van der Waals surface area contributed by atoms with Crippen molar-refractivity contribution in [1.82, 2.24) is 0 Å². The van der Waals surface area contributed by atoms with Gasteiger partial charge >= 0.3 is 5.97 Å². The van der Waals surface area contributed by atoms with Gasteiger partial charge in [-0.1, -0.05) is 0 Å². The third-order valence-corrected chi connectivity index (χ3v) is 2.34. The van der Waals surface area contributed by atoms with Crippen LogP contribution in [-0.4, -0.2) is 25.8 Å². The van der Waals surface area contributed by atoms with Gasteiger partial charge < -0.3 is 9.47 Å². The highest BCUT2D eigenvalue weighted by Gasteiger charge is 2.33. The molecule has 2 atom stereocenters. The number of carbonyl (C=O) groups is 1. The molecule has 0 saturated heterocycles. The van der Waals surface area contributed by atoms with E-state index in [0.29, 0.717) is 6.61 Å². The highest BCUT2D eigenvalue weighted by molar-refractivity contribution is 5.73. The second-order valence-electron chi connectivity index (χ2n) is 3.06. The highest BCUT2D eigenvalue weighted by Crippen LogP contribution is 2.28. The first kappa shape index (κ1) is 9.52. The fraction of sp³-hybridized carbons (Fsp3) is 0.889. The summed E-state index contributed by atoms with van der Waals surface area (Å²) in [5.41, 5.74) is 0. The average Bonchev–Trinajstić information content (AvgIpc) is 2.51. The van der Waals surface area contributed by atoms with Crippen molar-refractivity contribution in [2.75, 3.05) is 13.7 Å². The van der Waals surface area contributed by atoms with Gasteiger partial charge in [-0.2, -0.15) is 0 Å². The number of esters is 1. The van der Waals surface area contributed by atoms with E-state index in [4.69, 9.17) is 9.47 Å². The smallest absolute Gasteiger partial charge is 0.311 e. The lowest BCUT2D eigenvalue weighted by Crippen LogP contribution is -2.26. The molecule has 1 saturated carbocycles. The molecule has 3 nitrogen and oxygen atoms in total. The van der Waals surface area contributed by atoms with Crippen LogP contribution < -0.4 is 0 Å². The van der Waals surface area contributed by atoms with E-state index in [9.17, 15) is 4.79 Å². The van der Waals surface area contributed by atoms with Crippen LogP contribution >= 0.6 is 0 Å². The lowest BCUT2D eigenvalue weighted by Gasteiger charge is -2.15. The molecule has 0 aromatic rings. The zero-order chi connectivity index (χ0) is 8.97. The molecule has 1 fully saturated rings. The molecule has 0 aromatic carbocycles. The van der Waals surface area contributed by atoms with Crippen molar-refractivity contribution in [3.05, 3.63) is 0 Å². The number of hydrogen-bond donors (Lipinski definition) is 0. The molecule has 12 heavy (non-hydrogen) atoms. The van der Waals surface area contributed by atoms with Crippen molar-refractivity contribution in [3.8, 4) is 0 Å². The SMILES string of the molecule is CCOC(=O)[C@@H]1CCC[C@@H]1OC. The van der Waals surface area contributed by atoms with E-state index >= 15 is 0 Å². The zero-order valence-electron chi connectivity index (χ0n) is 7.71. The van der Waals surface area contributed by atoms with Crippen LogP contribution in [0.25, 0.3) is 0 Å². The molecule has 0 aromatic heterocycles. The Hall–Kier alpha value is -0.570. The third-order valence-electron chi connectivity index (χ3n) is 2.34. The van der Waals surface area contributed by atoms with E-state index in [1.165, 1.54) is 0 Å². The second kappa shape index (κ2) is 4.45. The maximum Gasteiger partial charge on any atom is 0.311 e. The number of methoxy groups -OCH3 is 1. The Kier molecular flexibility index (Phi) is 3.53. The van der Waals surface area contributed by atoms with Gasteiger partial charge in [0.25, 0.3) is 0 Å². The standard InChI is InChI=1S/C9H16O3/c1-3-12-9(10)7-5-4-6-8(7)11-2/h7-8H,3-6H2,1-2H3/t7-,8+/m1/s1. The Morgan fingerprint density at radius 1 is 1.50 bits per heavy atom. The van der Waals surface area contributed by atoms with Crippen molar-refractivity contribution >= 4 is 5.97 Å². The summed E-state index contributed by atoms with van der Waals surface area (Å²) in [6.07, 6.45) is 3.06. The molecule has 0 radical (unpaired) electrons. The maximum atomic E-state index is 11.3. The minimum Gasteiger partial charge on any atom is -0.466 e. The topological polar surface area (TPSA) is 35.5 Å². The van der Waals surface area contributed by atoms with Gasteiger partial charge in [-0.05, 0) is 26.2 Å². The second-order valence-corrected chi connectivity index (χ2v) is 3.06. The van der Waals surface area contributed by atoms with E-state index in [0.717, 1.165) is 19.3 Å². The lowest BCUT2D eigenvalue weighted by atomic mass is 10.1. The zero-order valence-corrected chi connectivity index (χ0v) is 7.71. The van der Waals surface area contributed by atoms with Gasteiger partial charge in [-0.3, -0.25) is 4.79 Å². The fourth-order valence-corrected chi connectivity index (χ4v) is 1.73. The minimum absolute atomic E-state index is 0.0186. The molecule has 1 rings (SSSR count). The van der Waals surface area contributed by atoms with Crippen LogP contribution in [0, 0.1) is 5.92 Å². The summed E-state index contributed by atoms with van der Waals surface area (Å²) in [6, 6.07) is 0. The van der Waals surface area contributed by atoms with Gasteiger partial charge in [0.1, 0.15) is 0 Å². The Labute approximate surface area is 73.0 Å². The number of ether oxygens (including phenoxy) is 2.